The van der Waals surface area contributed by atoms with Crippen LogP contribution in [0.5, 0.6) is 0 Å². The van der Waals surface area contributed by atoms with Gasteiger partial charge in [-0.3, -0.25) is 0 Å². The van der Waals surface area contributed by atoms with Crippen molar-refractivity contribution in [2.75, 3.05) is 13.2 Å². The van der Waals surface area contributed by atoms with Crippen molar-refractivity contribution in [1.29, 1.82) is 0 Å². The molecule has 0 spiro atoms. The summed E-state index contributed by atoms with van der Waals surface area (Å²) in [6.07, 6.45) is 0.495. The summed E-state index contributed by atoms with van der Waals surface area (Å²) in [5.74, 6) is -0.444. The van der Waals surface area contributed by atoms with Crippen molar-refractivity contribution in [3.05, 3.63) is 0 Å². The van der Waals surface area contributed by atoms with E-state index in [-0.39, 0.29) is 11.6 Å². The molecule has 148 valence electrons. The summed E-state index contributed by atoms with van der Waals surface area (Å²) in [6, 6.07) is -0.724. The third kappa shape index (κ3) is 9.84. The minimum absolute atomic E-state index is 0.141. The highest BCUT2D eigenvalue weighted by Gasteiger charge is 2.37. The number of ether oxygens (including phenoxy) is 2. The average Bonchev–Trinajstić information content (AvgIpc) is 2.39. The lowest BCUT2D eigenvalue weighted by Crippen LogP contribution is -2.45. The van der Waals surface area contributed by atoms with Crippen LogP contribution in [0.3, 0.4) is 0 Å². The quantitative estimate of drug-likeness (QED) is 0.390. The van der Waals surface area contributed by atoms with E-state index in [0.717, 1.165) is 0 Å². The maximum atomic E-state index is 12.1. The maximum absolute atomic E-state index is 12.1. The Hall–Kier alpha value is -1.08. The zero-order valence-corrected chi connectivity index (χ0v) is 18.4. The van der Waals surface area contributed by atoms with Crippen LogP contribution in [0.1, 0.15) is 61.3 Å². The van der Waals surface area contributed by atoms with Gasteiger partial charge in [0, 0.05) is 6.61 Å². The first-order valence-electron chi connectivity index (χ1n) is 8.99. The summed E-state index contributed by atoms with van der Waals surface area (Å²) < 4.78 is 16.4. The number of amides is 1. The molecule has 6 nitrogen and oxygen atoms in total. The Bertz CT molecular complexity index is 438. The smallest absolute Gasteiger partial charge is 0.408 e. The molecule has 0 aromatic rings. The normalized spacial score (nSPS) is 14.0. The highest BCUT2D eigenvalue weighted by molar-refractivity contribution is 6.74. The third-order valence-electron chi connectivity index (χ3n) is 4.17. The molecule has 0 aromatic carbocycles. The monoisotopic (exact) mass is 375 g/mol. The van der Waals surface area contributed by atoms with E-state index in [0.29, 0.717) is 19.4 Å². The molecule has 1 N–H and O–H groups in total. The Morgan fingerprint density at radius 3 is 2.08 bits per heavy atom. The molecule has 7 heteroatoms. The molecule has 1 amide bonds. The van der Waals surface area contributed by atoms with Crippen LogP contribution in [-0.2, 0) is 18.7 Å². The van der Waals surface area contributed by atoms with Gasteiger partial charge in [0.15, 0.2) is 8.32 Å². The number of esters is 1. The lowest BCUT2D eigenvalue weighted by Gasteiger charge is -2.36. The minimum Gasteiger partial charge on any atom is -0.464 e. The van der Waals surface area contributed by atoms with Crippen molar-refractivity contribution < 1.29 is 23.5 Å². The Kier molecular flexibility index (Phi) is 9.15. The number of hydrogen-bond acceptors (Lipinski definition) is 5. The summed E-state index contributed by atoms with van der Waals surface area (Å²) in [7, 11) is -1.81. The van der Waals surface area contributed by atoms with Crippen molar-refractivity contribution in [2.45, 2.75) is 91.1 Å². The van der Waals surface area contributed by atoms with Crippen LogP contribution in [0.25, 0.3) is 0 Å². The summed E-state index contributed by atoms with van der Waals surface area (Å²) in [6.45, 7) is 18.8. The van der Waals surface area contributed by atoms with E-state index >= 15 is 0 Å². The number of hydrogen-bond donors (Lipinski definition) is 1. The van der Waals surface area contributed by atoms with Crippen molar-refractivity contribution in [3.8, 4) is 0 Å². The van der Waals surface area contributed by atoms with Crippen LogP contribution in [0, 0.1) is 0 Å². The zero-order valence-electron chi connectivity index (χ0n) is 17.4. The molecule has 0 radical (unpaired) electrons. The van der Waals surface area contributed by atoms with Crippen LogP contribution in [0.2, 0.25) is 18.1 Å². The summed E-state index contributed by atoms with van der Waals surface area (Å²) >= 11 is 0. The molecule has 0 aliphatic rings. The van der Waals surface area contributed by atoms with Gasteiger partial charge in [-0.25, -0.2) is 9.59 Å². The molecular weight excluding hydrogens is 338 g/mol. The molecule has 25 heavy (non-hydrogen) atoms. The van der Waals surface area contributed by atoms with E-state index in [2.05, 4.69) is 39.2 Å². The fourth-order valence-corrected chi connectivity index (χ4v) is 2.86. The van der Waals surface area contributed by atoms with Gasteiger partial charge in [-0.1, -0.05) is 20.8 Å². The van der Waals surface area contributed by atoms with E-state index in [1.807, 2.05) is 0 Å². The summed E-state index contributed by atoms with van der Waals surface area (Å²) in [4.78, 5) is 24.0. The maximum Gasteiger partial charge on any atom is 0.408 e. The first kappa shape index (κ1) is 23.9. The van der Waals surface area contributed by atoms with E-state index in [1.54, 1.807) is 27.7 Å². The van der Waals surface area contributed by atoms with Gasteiger partial charge in [0.2, 0.25) is 0 Å². The number of rotatable bonds is 8. The second-order valence-electron chi connectivity index (χ2n) is 8.70. The van der Waals surface area contributed by atoms with Gasteiger partial charge >= 0.3 is 12.1 Å². The molecule has 0 aromatic heterocycles. The number of carbonyl (C=O) groups excluding carboxylic acids is 2. The van der Waals surface area contributed by atoms with Crippen molar-refractivity contribution in [1.82, 2.24) is 5.32 Å². The molecule has 0 rings (SSSR count). The van der Waals surface area contributed by atoms with Gasteiger partial charge in [0.05, 0.1) is 6.61 Å². The van der Waals surface area contributed by atoms with E-state index < -0.39 is 32.0 Å². The first-order valence-corrected chi connectivity index (χ1v) is 11.9. The molecule has 0 aliphatic carbocycles. The molecule has 1 atom stereocenters. The lowest BCUT2D eigenvalue weighted by atomic mass is 10.1. The first-order chi connectivity index (χ1) is 11.2. The van der Waals surface area contributed by atoms with Crippen LogP contribution in [0.4, 0.5) is 4.79 Å². The summed E-state index contributed by atoms with van der Waals surface area (Å²) in [5, 5.41) is 2.75. The highest BCUT2D eigenvalue weighted by Crippen LogP contribution is 2.36. The van der Waals surface area contributed by atoms with Crippen molar-refractivity contribution >= 4 is 20.4 Å². The van der Waals surface area contributed by atoms with Gasteiger partial charge in [-0.2, -0.15) is 0 Å². The average molecular weight is 376 g/mol. The molecule has 0 saturated carbocycles. The third-order valence-corrected chi connectivity index (χ3v) is 8.71. The molecule has 0 heterocycles. The van der Waals surface area contributed by atoms with Gasteiger partial charge < -0.3 is 19.2 Å². The van der Waals surface area contributed by atoms with Crippen LogP contribution >= 0.6 is 0 Å². The Balaban J connectivity index is 4.61. The van der Waals surface area contributed by atoms with E-state index in [1.165, 1.54) is 0 Å². The summed E-state index contributed by atoms with van der Waals surface area (Å²) in [5.41, 5.74) is -0.616. The van der Waals surface area contributed by atoms with Gasteiger partial charge in [0.1, 0.15) is 11.6 Å². The predicted molar refractivity (Wildman–Crippen MR) is 102 cm³/mol. The van der Waals surface area contributed by atoms with Gasteiger partial charge in [0.25, 0.3) is 0 Å². The Morgan fingerprint density at radius 1 is 1.08 bits per heavy atom. The molecular formula is C18H37NO5Si. The second-order valence-corrected chi connectivity index (χ2v) is 13.5. The molecule has 0 fully saturated rings. The topological polar surface area (TPSA) is 73.9 Å². The molecule has 0 unspecified atom stereocenters. The highest BCUT2D eigenvalue weighted by atomic mass is 28.4. The standard InChI is InChI=1S/C18H37NO5Si/c1-10-22-15(20)14(19-16(21)24-17(2,3)4)12-11-13-23-25(8,9)18(5,6)7/h14H,10-13H2,1-9H3,(H,19,21)/t14-/m0/s1. The van der Waals surface area contributed by atoms with Crippen molar-refractivity contribution in [3.63, 3.8) is 0 Å². The van der Waals surface area contributed by atoms with Gasteiger partial charge in [-0.15, -0.1) is 0 Å². The Labute approximate surface area is 154 Å². The van der Waals surface area contributed by atoms with Gasteiger partial charge in [-0.05, 0) is 58.7 Å². The second kappa shape index (κ2) is 9.57. The fourth-order valence-electron chi connectivity index (χ4n) is 1.77. The lowest BCUT2D eigenvalue weighted by molar-refractivity contribution is -0.145. The van der Waals surface area contributed by atoms with Crippen LogP contribution in [-0.4, -0.2) is 45.2 Å². The SMILES string of the molecule is CCOC(=O)[C@H](CCCO[Si](C)(C)C(C)(C)C)NC(=O)OC(C)(C)C. The predicted octanol–water partition coefficient (Wildman–Crippen LogP) is 4.24. The van der Waals surface area contributed by atoms with Crippen LogP contribution < -0.4 is 5.32 Å². The molecule has 0 saturated heterocycles. The van der Waals surface area contributed by atoms with E-state index in [9.17, 15) is 9.59 Å². The zero-order chi connectivity index (χ0) is 19.9. The van der Waals surface area contributed by atoms with Crippen LogP contribution in [0.15, 0.2) is 0 Å². The van der Waals surface area contributed by atoms with Crippen molar-refractivity contribution in [2.24, 2.45) is 0 Å². The number of alkyl carbamates (subject to hydrolysis) is 1. The molecule has 0 aliphatic heterocycles. The molecule has 0 bridgehead atoms. The van der Waals surface area contributed by atoms with E-state index in [4.69, 9.17) is 13.9 Å². The number of nitrogens with one attached hydrogen (secondary N) is 1. The number of carbonyl (C=O) groups is 2. The fraction of sp³-hybridized carbons (Fsp3) is 0.889. The Morgan fingerprint density at radius 2 is 1.64 bits per heavy atom. The minimum atomic E-state index is -1.81. The largest absolute Gasteiger partial charge is 0.464 e.